The Morgan fingerprint density at radius 2 is 1.83 bits per heavy atom. The van der Waals surface area contributed by atoms with Gasteiger partial charge in [-0.1, -0.05) is 6.07 Å². The number of amides is 1. The molecule has 160 valence electrons. The fraction of sp³-hybridized carbons (Fsp3) is 0.600. The molecule has 0 saturated carbocycles. The number of nitrogens with zero attached hydrogens (tertiary/aromatic N) is 2. The minimum atomic E-state index is -3.52. The van der Waals surface area contributed by atoms with Crippen LogP contribution in [0, 0.1) is 5.92 Å². The first-order chi connectivity index (χ1) is 13.9. The van der Waals surface area contributed by atoms with E-state index in [4.69, 9.17) is 4.74 Å². The van der Waals surface area contributed by atoms with Crippen molar-refractivity contribution in [3.05, 3.63) is 24.3 Å². The molecule has 9 heteroatoms. The van der Waals surface area contributed by atoms with Gasteiger partial charge in [0.25, 0.3) is 0 Å². The molecule has 0 atom stereocenters. The largest absolute Gasteiger partial charge is 0.466 e. The van der Waals surface area contributed by atoms with Gasteiger partial charge in [0, 0.05) is 18.8 Å². The Morgan fingerprint density at radius 3 is 2.48 bits per heavy atom. The third kappa shape index (κ3) is 5.55. The minimum Gasteiger partial charge on any atom is -0.466 e. The van der Waals surface area contributed by atoms with Gasteiger partial charge in [0.15, 0.2) is 0 Å². The maximum absolute atomic E-state index is 12.7. The number of anilines is 1. The molecule has 1 aromatic carbocycles. The molecular weight excluding hydrogens is 394 g/mol. The van der Waals surface area contributed by atoms with Crippen molar-refractivity contribution in [1.82, 2.24) is 9.21 Å². The number of ether oxygens (including phenoxy) is 1. The van der Waals surface area contributed by atoms with Crippen molar-refractivity contribution >= 4 is 27.6 Å². The van der Waals surface area contributed by atoms with Crippen LogP contribution >= 0.6 is 0 Å². The summed E-state index contributed by atoms with van der Waals surface area (Å²) in [6.45, 7) is 4.78. The molecule has 2 saturated heterocycles. The second-order valence-corrected chi connectivity index (χ2v) is 9.43. The number of likely N-dealkylation sites (tertiary alicyclic amines) is 1. The molecule has 2 aliphatic rings. The minimum absolute atomic E-state index is 0.0956. The van der Waals surface area contributed by atoms with Crippen LogP contribution in [0.25, 0.3) is 0 Å². The van der Waals surface area contributed by atoms with Crippen LogP contribution in [0.3, 0.4) is 0 Å². The maximum atomic E-state index is 12.7. The third-order valence-corrected chi connectivity index (χ3v) is 7.29. The van der Waals surface area contributed by atoms with Crippen LogP contribution < -0.4 is 5.32 Å². The fourth-order valence-corrected chi connectivity index (χ4v) is 5.37. The second-order valence-electron chi connectivity index (χ2n) is 7.49. The molecule has 1 amide bonds. The van der Waals surface area contributed by atoms with E-state index in [-0.39, 0.29) is 29.2 Å². The van der Waals surface area contributed by atoms with Crippen LogP contribution in [0.5, 0.6) is 0 Å². The number of hydrogen-bond donors (Lipinski definition) is 1. The zero-order valence-electron chi connectivity index (χ0n) is 16.8. The lowest BCUT2D eigenvalue weighted by Gasteiger charge is -2.30. The van der Waals surface area contributed by atoms with Gasteiger partial charge in [0.2, 0.25) is 15.9 Å². The highest BCUT2D eigenvalue weighted by molar-refractivity contribution is 7.89. The highest BCUT2D eigenvalue weighted by Crippen LogP contribution is 2.23. The molecule has 3 rings (SSSR count). The van der Waals surface area contributed by atoms with E-state index in [0.717, 1.165) is 12.8 Å². The molecule has 2 aliphatic heterocycles. The first kappa shape index (κ1) is 21.7. The van der Waals surface area contributed by atoms with Gasteiger partial charge >= 0.3 is 5.97 Å². The van der Waals surface area contributed by atoms with Crippen LogP contribution in [-0.2, 0) is 24.3 Å². The fourth-order valence-electron chi connectivity index (χ4n) is 3.80. The Hall–Kier alpha value is -1.97. The van der Waals surface area contributed by atoms with Crippen LogP contribution in [0.2, 0.25) is 0 Å². The zero-order chi connectivity index (χ0) is 20.9. The Kier molecular flexibility index (Phi) is 7.26. The summed E-state index contributed by atoms with van der Waals surface area (Å²) in [6.07, 6.45) is 3.11. The van der Waals surface area contributed by atoms with Crippen molar-refractivity contribution in [2.45, 2.75) is 37.5 Å². The molecule has 2 fully saturated rings. The smallest absolute Gasteiger partial charge is 0.309 e. The van der Waals surface area contributed by atoms with Gasteiger partial charge in [0.05, 0.1) is 24.0 Å². The van der Waals surface area contributed by atoms with Crippen LogP contribution in [0.4, 0.5) is 5.69 Å². The van der Waals surface area contributed by atoms with Gasteiger partial charge in [-0.05, 0) is 63.9 Å². The normalized spacial score (nSPS) is 19.2. The molecule has 0 aromatic heterocycles. The number of piperidine rings is 1. The molecule has 8 nitrogen and oxygen atoms in total. The molecule has 0 radical (unpaired) electrons. The van der Waals surface area contributed by atoms with E-state index >= 15 is 0 Å². The number of sulfonamides is 1. The first-order valence-electron chi connectivity index (χ1n) is 10.2. The Bertz CT molecular complexity index is 828. The lowest BCUT2D eigenvalue weighted by Crippen LogP contribution is -2.41. The molecular formula is C20H29N3O5S. The number of benzene rings is 1. The van der Waals surface area contributed by atoms with Crippen LogP contribution in [-0.4, -0.2) is 68.8 Å². The summed E-state index contributed by atoms with van der Waals surface area (Å²) in [5, 5.41) is 2.79. The highest BCUT2D eigenvalue weighted by atomic mass is 32.2. The number of rotatable bonds is 7. The van der Waals surface area contributed by atoms with E-state index in [2.05, 4.69) is 5.32 Å². The average molecular weight is 424 g/mol. The summed E-state index contributed by atoms with van der Waals surface area (Å²) in [4.78, 5) is 26.4. The number of esters is 1. The van der Waals surface area contributed by atoms with E-state index in [9.17, 15) is 18.0 Å². The van der Waals surface area contributed by atoms with Gasteiger partial charge in [-0.25, -0.2) is 8.42 Å². The molecule has 1 aromatic rings. The summed E-state index contributed by atoms with van der Waals surface area (Å²) in [7, 11) is -3.52. The lowest BCUT2D eigenvalue weighted by molar-refractivity contribution is -0.149. The predicted molar refractivity (Wildman–Crippen MR) is 109 cm³/mol. The molecule has 1 N–H and O–H groups in total. The molecule has 2 heterocycles. The maximum Gasteiger partial charge on any atom is 0.309 e. The van der Waals surface area contributed by atoms with E-state index in [0.29, 0.717) is 51.3 Å². The summed E-state index contributed by atoms with van der Waals surface area (Å²) >= 11 is 0. The number of carbonyl (C=O) groups excluding carboxylic acids is 2. The number of hydrogen-bond acceptors (Lipinski definition) is 6. The SMILES string of the molecule is CCOC(=O)C1CCN(CC(=O)Nc2cccc(S(=O)(=O)N3CCCC3)c2)CC1. The molecule has 0 bridgehead atoms. The Balaban J connectivity index is 1.53. The van der Waals surface area contributed by atoms with Crippen molar-refractivity contribution in [1.29, 1.82) is 0 Å². The molecule has 0 spiro atoms. The summed E-state index contributed by atoms with van der Waals surface area (Å²) in [5.74, 6) is -0.454. The van der Waals surface area contributed by atoms with Crippen molar-refractivity contribution in [2.24, 2.45) is 5.92 Å². The standard InChI is InChI=1S/C20H29N3O5S/c1-2-28-20(25)16-8-12-22(13-9-16)15-19(24)21-17-6-5-7-18(14-17)29(26,27)23-10-3-4-11-23/h5-7,14,16H,2-4,8-13,15H2,1H3,(H,21,24). The van der Waals surface area contributed by atoms with Gasteiger partial charge in [-0.3, -0.25) is 14.5 Å². The van der Waals surface area contributed by atoms with Crippen molar-refractivity contribution in [3.63, 3.8) is 0 Å². The summed E-state index contributed by atoms with van der Waals surface area (Å²) in [6, 6.07) is 6.40. The molecule has 0 unspecified atom stereocenters. The second kappa shape index (κ2) is 9.69. The molecule has 0 aliphatic carbocycles. The van der Waals surface area contributed by atoms with E-state index in [1.807, 2.05) is 4.90 Å². The first-order valence-corrected chi connectivity index (χ1v) is 11.6. The zero-order valence-corrected chi connectivity index (χ0v) is 17.6. The van der Waals surface area contributed by atoms with Crippen molar-refractivity contribution in [3.8, 4) is 0 Å². The third-order valence-electron chi connectivity index (χ3n) is 5.40. The van der Waals surface area contributed by atoms with Gasteiger partial charge in [0.1, 0.15) is 0 Å². The predicted octanol–water partition coefficient (Wildman–Crippen LogP) is 1.68. The van der Waals surface area contributed by atoms with Gasteiger partial charge in [-0.15, -0.1) is 0 Å². The molecule has 29 heavy (non-hydrogen) atoms. The quantitative estimate of drug-likeness (QED) is 0.671. The van der Waals surface area contributed by atoms with Crippen LogP contribution in [0.1, 0.15) is 32.6 Å². The Morgan fingerprint density at radius 1 is 1.14 bits per heavy atom. The van der Waals surface area contributed by atoms with Gasteiger partial charge in [-0.2, -0.15) is 4.31 Å². The van der Waals surface area contributed by atoms with E-state index in [1.165, 1.54) is 10.4 Å². The Labute approximate surface area is 172 Å². The van der Waals surface area contributed by atoms with Gasteiger partial charge < -0.3 is 10.1 Å². The van der Waals surface area contributed by atoms with E-state index < -0.39 is 10.0 Å². The van der Waals surface area contributed by atoms with Crippen molar-refractivity contribution in [2.75, 3.05) is 44.6 Å². The average Bonchev–Trinajstić information content (AvgIpc) is 3.24. The van der Waals surface area contributed by atoms with Crippen molar-refractivity contribution < 1.29 is 22.7 Å². The van der Waals surface area contributed by atoms with Crippen LogP contribution in [0.15, 0.2) is 29.2 Å². The number of nitrogens with one attached hydrogen (secondary N) is 1. The monoisotopic (exact) mass is 423 g/mol. The number of carbonyl (C=O) groups is 2. The summed E-state index contributed by atoms with van der Waals surface area (Å²) < 4.78 is 31.9. The summed E-state index contributed by atoms with van der Waals surface area (Å²) in [5.41, 5.74) is 0.469. The highest BCUT2D eigenvalue weighted by Gasteiger charge is 2.28. The topological polar surface area (TPSA) is 96.0 Å². The van der Waals surface area contributed by atoms with E-state index in [1.54, 1.807) is 25.1 Å². The lowest BCUT2D eigenvalue weighted by atomic mass is 9.97.